The molecule has 27 heavy (non-hydrogen) atoms. The van der Waals surface area contributed by atoms with Crippen LogP contribution in [0.2, 0.25) is 0 Å². The highest BCUT2D eigenvalue weighted by atomic mass is 16.5. The number of aryl methyl sites for hydroxylation is 1. The Bertz CT molecular complexity index is 751. The third-order valence-corrected chi connectivity index (χ3v) is 6.46. The van der Waals surface area contributed by atoms with E-state index in [9.17, 15) is 0 Å². The number of rotatable bonds is 7. The number of benzene rings is 1. The smallest absolute Gasteiger partial charge is 0.212 e. The minimum absolute atomic E-state index is 0.633. The molecule has 1 atom stereocenters. The molecule has 0 N–H and O–H groups in total. The number of methoxy groups -OCH3 is 2. The van der Waals surface area contributed by atoms with Crippen molar-refractivity contribution in [3.05, 3.63) is 17.8 Å². The van der Waals surface area contributed by atoms with E-state index in [4.69, 9.17) is 14.0 Å². The van der Waals surface area contributed by atoms with Gasteiger partial charge in [0, 0.05) is 18.5 Å². The second kappa shape index (κ2) is 8.51. The van der Waals surface area contributed by atoms with E-state index in [0.29, 0.717) is 17.1 Å². The first-order valence-electron chi connectivity index (χ1n) is 10.5. The van der Waals surface area contributed by atoms with Crippen molar-refractivity contribution in [2.24, 2.45) is 11.8 Å². The number of hydrogen-bond acceptors (Lipinski definition) is 5. The third-order valence-electron chi connectivity index (χ3n) is 6.46. The van der Waals surface area contributed by atoms with Gasteiger partial charge in [-0.3, -0.25) is 0 Å². The van der Waals surface area contributed by atoms with E-state index in [2.05, 4.69) is 10.1 Å². The van der Waals surface area contributed by atoms with Crippen LogP contribution in [0.25, 0.3) is 11.0 Å². The molecule has 0 amide bonds. The fraction of sp³-hybridized carbons (Fsp3) is 0.682. The van der Waals surface area contributed by atoms with Gasteiger partial charge in [-0.1, -0.05) is 24.4 Å². The molecule has 5 nitrogen and oxygen atoms in total. The molecule has 2 fully saturated rings. The van der Waals surface area contributed by atoms with Gasteiger partial charge in [0.25, 0.3) is 0 Å². The van der Waals surface area contributed by atoms with E-state index in [1.54, 1.807) is 14.2 Å². The van der Waals surface area contributed by atoms with Crippen molar-refractivity contribution in [2.45, 2.75) is 51.4 Å². The van der Waals surface area contributed by atoms with Gasteiger partial charge in [-0.05, 0) is 62.6 Å². The van der Waals surface area contributed by atoms with Crippen LogP contribution in [0.1, 0.15) is 50.6 Å². The van der Waals surface area contributed by atoms with Crippen molar-refractivity contribution in [3.63, 3.8) is 0 Å². The van der Waals surface area contributed by atoms with Crippen LogP contribution < -0.4 is 9.47 Å². The van der Waals surface area contributed by atoms with Gasteiger partial charge in [0.2, 0.25) is 11.3 Å². The molecule has 1 unspecified atom stereocenters. The van der Waals surface area contributed by atoms with Crippen molar-refractivity contribution in [3.8, 4) is 11.5 Å². The SMILES string of the molecule is COc1ccc2c(CCC3CCN(CC4CCCCC4)C3)noc2c1OC. The monoisotopic (exact) mass is 372 g/mol. The standard InChI is InChI=1S/C22H32N2O3/c1-25-20-11-9-18-19(23-27-21(18)22(20)26-2)10-8-17-12-13-24(15-17)14-16-6-4-3-5-7-16/h9,11,16-17H,3-8,10,12-15H2,1-2H3. The fourth-order valence-electron chi connectivity index (χ4n) is 4.94. The fourth-order valence-corrected chi connectivity index (χ4v) is 4.94. The first-order chi connectivity index (χ1) is 13.3. The van der Waals surface area contributed by atoms with Crippen LogP contribution in [-0.2, 0) is 6.42 Å². The Morgan fingerprint density at radius 2 is 1.93 bits per heavy atom. The number of nitrogens with zero attached hydrogens (tertiary/aromatic N) is 2. The Morgan fingerprint density at radius 3 is 2.70 bits per heavy atom. The van der Waals surface area contributed by atoms with Crippen LogP contribution in [-0.4, -0.2) is 43.9 Å². The van der Waals surface area contributed by atoms with Crippen LogP contribution >= 0.6 is 0 Å². The van der Waals surface area contributed by atoms with Crippen molar-refractivity contribution in [1.82, 2.24) is 10.1 Å². The Labute approximate surface area is 162 Å². The molecule has 1 saturated carbocycles. The molecule has 1 aromatic carbocycles. The normalized spacial score (nSPS) is 21.8. The highest BCUT2D eigenvalue weighted by Crippen LogP contribution is 2.37. The maximum absolute atomic E-state index is 5.58. The molecule has 1 aliphatic heterocycles. The van der Waals surface area contributed by atoms with Crippen molar-refractivity contribution in [2.75, 3.05) is 33.9 Å². The zero-order chi connectivity index (χ0) is 18.6. The number of ether oxygens (including phenoxy) is 2. The summed E-state index contributed by atoms with van der Waals surface area (Å²) in [7, 11) is 3.28. The predicted octanol–water partition coefficient (Wildman–Crippen LogP) is 4.68. The molecule has 4 rings (SSSR count). The molecule has 0 bridgehead atoms. The van der Waals surface area contributed by atoms with Crippen molar-refractivity contribution >= 4 is 11.0 Å². The Balaban J connectivity index is 1.34. The summed E-state index contributed by atoms with van der Waals surface area (Å²) in [5.41, 5.74) is 1.73. The molecule has 2 heterocycles. The molecule has 2 aromatic rings. The van der Waals surface area contributed by atoms with Gasteiger partial charge in [-0.2, -0.15) is 0 Å². The van der Waals surface area contributed by atoms with Gasteiger partial charge >= 0.3 is 0 Å². The lowest BCUT2D eigenvalue weighted by molar-refractivity contribution is 0.227. The van der Waals surface area contributed by atoms with Crippen LogP contribution in [0.5, 0.6) is 11.5 Å². The molecule has 2 aliphatic rings. The maximum Gasteiger partial charge on any atom is 0.212 e. The summed E-state index contributed by atoms with van der Waals surface area (Å²) in [4.78, 5) is 2.70. The van der Waals surface area contributed by atoms with E-state index in [0.717, 1.165) is 29.3 Å². The average molecular weight is 373 g/mol. The molecule has 0 radical (unpaired) electrons. The van der Waals surface area contributed by atoms with Gasteiger partial charge in [0.1, 0.15) is 0 Å². The first kappa shape index (κ1) is 18.6. The lowest BCUT2D eigenvalue weighted by Gasteiger charge is -2.26. The Kier molecular flexibility index (Phi) is 5.86. The van der Waals surface area contributed by atoms with Crippen molar-refractivity contribution in [1.29, 1.82) is 0 Å². The lowest BCUT2D eigenvalue weighted by Crippen LogP contribution is -2.28. The molecule has 1 aliphatic carbocycles. The molecule has 5 heteroatoms. The van der Waals surface area contributed by atoms with E-state index in [1.807, 2.05) is 12.1 Å². The van der Waals surface area contributed by atoms with Gasteiger partial charge < -0.3 is 18.9 Å². The van der Waals surface area contributed by atoms with Crippen LogP contribution in [0, 0.1) is 11.8 Å². The highest BCUT2D eigenvalue weighted by molar-refractivity contribution is 5.87. The summed E-state index contributed by atoms with van der Waals surface area (Å²) in [6.07, 6.45) is 10.7. The summed E-state index contributed by atoms with van der Waals surface area (Å²) in [6, 6.07) is 3.97. The van der Waals surface area contributed by atoms with E-state index >= 15 is 0 Å². The molecule has 1 saturated heterocycles. The zero-order valence-corrected chi connectivity index (χ0v) is 16.7. The third kappa shape index (κ3) is 4.08. The van der Waals surface area contributed by atoms with Crippen LogP contribution in [0.3, 0.4) is 0 Å². The topological polar surface area (TPSA) is 47.7 Å². The Hall–Kier alpha value is -1.75. The molecule has 148 valence electrons. The second-order valence-electron chi connectivity index (χ2n) is 8.26. The first-order valence-corrected chi connectivity index (χ1v) is 10.5. The highest BCUT2D eigenvalue weighted by Gasteiger charge is 2.26. The minimum atomic E-state index is 0.633. The predicted molar refractivity (Wildman–Crippen MR) is 107 cm³/mol. The van der Waals surface area contributed by atoms with E-state index in [-0.39, 0.29) is 0 Å². The Morgan fingerprint density at radius 1 is 1.07 bits per heavy atom. The number of aromatic nitrogens is 1. The summed E-state index contributed by atoms with van der Waals surface area (Å²) in [5, 5.41) is 5.37. The van der Waals surface area contributed by atoms with E-state index in [1.165, 1.54) is 64.6 Å². The van der Waals surface area contributed by atoms with E-state index < -0.39 is 0 Å². The average Bonchev–Trinajstić information content (AvgIpc) is 3.33. The molecule has 0 spiro atoms. The lowest BCUT2D eigenvalue weighted by atomic mass is 9.89. The van der Waals surface area contributed by atoms with Gasteiger partial charge in [0.05, 0.1) is 19.9 Å². The minimum Gasteiger partial charge on any atom is -0.493 e. The zero-order valence-electron chi connectivity index (χ0n) is 16.7. The van der Waals surface area contributed by atoms with Crippen molar-refractivity contribution < 1.29 is 14.0 Å². The summed E-state index contributed by atoms with van der Waals surface area (Å²) in [6.45, 7) is 3.84. The van der Waals surface area contributed by atoms with Crippen LogP contribution in [0.4, 0.5) is 0 Å². The number of hydrogen-bond donors (Lipinski definition) is 0. The second-order valence-corrected chi connectivity index (χ2v) is 8.26. The number of likely N-dealkylation sites (tertiary alicyclic amines) is 1. The van der Waals surface area contributed by atoms with Gasteiger partial charge in [0.15, 0.2) is 5.75 Å². The molecular weight excluding hydrogens is 340 g/mol. The summed E-state index contributed by atoms with van der Waals surface area (Å²) < 4.78 is 16.4. The quantitative estimate of drug-likeness (QED) is 0.706. The van der Waals surface area contributed by atoms with Crippen LogP contribution in [0.15, 0.2) is 16.7 Å². The molecular formula is C22H32N2O3. The number of fused-ring (bicyclic) bond motifs is 1. The maximum atomic E-state index is 5.58. The largest absolute Gasteiger partial charge is 0.493 e. The molecule has 1 aromatic heterocycles. The van der Waals surface area contributed by atoms with Gasteiger partial charge in [-0.25, -0.2) is 0 Å². The summed E-state index contributed by atoms with van der Waals surface area (Å²) >= 11 is 0. The summed E-state index contributed by atoms with van der Waals surface area (Å²) in [5.74, 6) is 3.04. The van der Waals surface area contributed by atoms with Gasteiger partial charge in [-0.15, -0.1) is 0 Å².